The second-order valence-corrected chi connectivity index (χ2v) is 9.29. The highest BCUT2D eigenvalue weighted by Gasteiger charge is 2.35. The van der Waals surface area contributed by atoms with Gasteiger partial charge in [0.2, 0.25) is 0 Å². The van der Waals surface area contributed by atoms with E-state index in [1.54, 1.807) is 30.3 Å². The van der Waals surface area contributed by atoms with Gasteiger partial charge < -0.3 is 4.74 Å². The molecule has 168 valence electrons. The molecule has 1 saturated heterocycles. The minimum absolute atomic E-state index is 0.0449. The van der Waals surface area contributed by atoms with E-state index in [0.717, 1.165) is 28.3 Å². The van der Waals surface area contributed by atoms with Gasteiger partial charge in [0.1, 0.15) is 18.2 Å². The summed E-state index contributed by atoms with van der Waals surface area (Å²) in [7, 11) is 0. The summed E-state index contributed by atoms with van der Waals surface area (Å²) >= 11 is 19.3. The number of ether oxygens (including phenoxy) is 1. The summed E-state index contributed by atoms with van der Waals surface area (Å²) in [6, 6.07) is 16.2. The van der Waals surface area contributed by atoms with Crippen molar-refractivity contribution in [3.63, 3.8) is 0 Å². The summed E-state index contributed by atoms with van der Waals surface area (Å²) in [6.45, 7) is 0.209. The Bertz CT molecular complexity index is 1280. The van der Waals surface area contributed by atoms with Crippen molar-refractivity contribution in [1.29, 1.82) is 0 Å². The van der Waals surface area contributed by atoms with Gasteiger partial charge in [-0.3, -0.25) is 14.5 Å². The first-order chi connectivity index (χ1) is 15.8. The molecule has 1 aliphatic rings. The molecule has 0 bridgehead atoms. The summed E-state index contributed by atoms with van der Waals surface area (Å²) in [6.07, 6.45) is 1.58. The highest BCUT2D eigenvalue weighted by Crippen LogP contribution is 2.35. The van der Waals surface area contributed by atoms with Crippen molar-refractivity contribution in [3.05, 3.63) is 103 Å². The van der Waals surface area contributed by atoms with Crippen molar-refractivity contribution in [2.24, 2.45) is 0 Å². The van der Waals surface area contributed by atoms with Crippen LogP contribution in [0.25, 0.3) is 6.08 Å². The second-order valence-electron chi connectivity index (χ2n) is 7.07. The van der Waals surface area contributed by atoms with E-state index >= 15 is 0 Å². The van der Waals surface area contributed by atoms with Gasteiger partial charge >= 0.3 is 0 Å². The molecule has 4 rings (SSSR count). The van der Waals surface area contributed by atoms with Gasteiger partial charge in [-0.25, -0.2) is 4.39 Å². The number of amides is 2. The van der Waals surface area contributed by atoms with Crippen LogP contribution < -0.4 is 4.74 Å². The Hall–Kier alpha value is -2.51. The molecule has 9 heteroatoms. The third-order valence-corrected chi connectivity index (χ3v) is 6.74. The lowest BCUT2D eigenvalue weighted by Crippen LogP contribution is -2.27. The molecule has 0 radical (unpaired) electrons. The number of imide groups is 1. The van der Waals surface area contributed by atoms with Crippen LogP contribution in [0.3, 0.4) is 0 Å². The van der Waals surface area contributed by atoms with Crippen LogP contribution in [0, 0.1) is 5.82 Å². The first kappa shape index (κ1) is 23.6. The van der Waals surface area contributed by atoms with E-state index in [9.17, 15) is 14.0 Å². The number of carbonyl (C=O) groups is 2. The molecule has 1 fully saturated rings. The highest BCUT2D eigenvalue weighted by atomic mass is 35.5. The van der Waals surface area contributed by atoms with Gasteiger partial charge in [0.25, 0.3) is 11.1 Å². The van der Waals surface area contributed by atoms with E-state index in [4.69, 9.17) is 39.5 Å². The van der Waals surface area contributed by atoms with Crippen molar-refractivity contribution in [2.45, 2.75) is 13.2 Å². The van der Waals surface area contributed by atoms with Crippen LogP contribution in [0.2, 0.25) is 15.1 Å². The number of hydrogen-bond donors (Lipinski definition) is 0. The molecule has 0 N–H and O–H groups in total. The number of benzene rings is 3. The van der Waals surface area contributed by atoms with E-state index in [2.05, 4.69) is 0 Å². The Balaban J connectivity index is 1.47. The Morgan fingerprint density at radius 1 is 0.909 bits per heavy atom. The molecule has 0 atom stereocenters. The van der Waals surface area contributed by atoms with Gasteiger partial charge in [0.05, 0.1) is 16.5 Å². The average molecular weight is 523 g/mol. The topological polar surface area (TPSA) is 46.6 Å². The van der Waals surface area contributed by atoms with Gasteiger partial charge in [-0.1, -0.05) is 65.1 Å². The van der Waals surface area contributed by atoms with Crippen molar-refractivity contribution >= 4 is 63.8 Å². The van der Waals surface area contributed by atoms with Crippen molar-refractivity contribution in [3.8, 4) is 5.75 Å². The van der Waals surface area contributed by atoms with Crippen LogP contribution in [0.5, 0.6) is 5.75 Å². The minimum atomic E-state index is -0.492. The molecular formula is C24H15Cl3FNO3S. The van der Waals surface area contributed by atoms with Crippen LogP contribution in [-0.4, -0.2) is 16.0 Å². The standard InChI is InChI=1S/C24H15Cl3FNO3S/c25-18-4-2-1-3-16(18)13-32-21-8-5-14(9-20(21)27)10-22-23(30)29(24(31)33-22)12-15-6-7-17(28)11-19(15)26/h1-11H,12-13H2/b22-10-. The molecule has 3 aromatic rings. The summed E-state index contributed by atoms with van der Waals surface area (Å²) < 4.78 is 19.0. The molecule has 1 heterocycles. The minimum Gasteiger partial charge on any atom is -0.487 e. The zero-order valence-corrected chi connectivity index (χ0v) is 19.9. The smallest absolute Gasteiger partial charge is 0.293 e. The van der Waals surface area contributed by atoms with E-state index < -0.39 is 17.0 Å². The van der Waals surface area contributed by atoms with Gasteiger partial charge in [-0.2, -0.15) is 0 Å². The van der Waals surface area contributed by atoms with Gasteiger partial charge in [-0.05, 0) is 59.3 Å². The normalized spacial score (nSPS) is 14.9. The Labute approximate surface area is 208 Å². The molecule has 2 amide bonds. The molecule has 0 aliphatic carbocycles. The van der Waals surface area contributed by atoms with Crippen LogP contribution in [0.4, 0.5) is 9.18 Å². The molecular weight excluding hydrogens is 508 g/mol. The number of hydrogen-bond acceptors (Lipinski definition) is 4. The molecule has 0 saturated carbocycles. The van der Waals surface area contributed by atoms with E-state index in [1.807, 2.05) is 18.2 Å². The fourth-order valence-electron chi connectivity index (χ4n) is 3.10. The molecule has 33 heavy (non-hydrogen) atoms. The fourth-order valence-corrected chi connectivity index (χ4v) is 4.60. The average Bonchev–Trinajstić information content (AvgIpc) is 3.03. The number of rotatable bonds is 6. The Morgan fingerprint density at radius 2 is 1.70 bits per heavy atom. The third-order valence-electron chi connectivity index (χ3n) is 4.81. The SMILES string of the molecule is O=C1S/C(=C\c2ccc(OCc3ccccc3Cl)c(Cl)c2)C(=O)N1Cc1ccc(F)cc1Cl. The zero-order chi connectivity index (χ0) is 23.5. The van der Waals surface area contributed by atoms with Crippen molar-refractivity contribution < 1.29 is 18.7 Å². The summed E-state index contributed by atoms with van der Waals surface area (Å²) in [5, 5.41) is 0.672. The lowest BCUT2D eigenvalue weighted by Gasteiger charge is -2.13. The van der Waals surface area contributed by atoms with Crippen LogP contribution in [0.1, 0.15) is 16.7 Å². The van der Waals surface area contributed by atoms with E-state index in [0.29, 0.717) is 26.9 Å². The van der Waals surface area contributed by atoms with Crippen LogP contribution in [-0.2, 0) is 17.9 Å². The Kier molecular flexibility index (Phi) is 7.29. The summed E-state index contributed by atoms with van der Waals surface area (Å²) in [5.41, 5.74) is 1.94. The lowest BCUT2D eigenvalue weighted by atomic mass is 10.2. The van der Waals surface area contributed by atoms with Crippen LogP contribution >= 0.6 is 46.6 Å². The monoisotopic (exact) mass is 521 g/mol. The molecule has 0 unspecified atom stereocenters. The summed E-state index contributed by atoms with van der Waals surface area (Å²) in [5.74, 6) is -0.484. The van der Waals surface area contributed by atoms with E-state index in [-0.39, 0.29) is 23.1 Å². The maximum atomic E-state index is 13.3. The molecule has 3 aromatic carbocycles. The van der Waals surface area contributed by atoms with Gasteiger partial charge in [0, 0.05) is 15.6 Å². The number of thioether (sulfide) groups is 1. The Morgan fingerprint density at radius 3 is 2.42 bits per heavy atom. The molecule has 0 aromatic heterocycles. The van der Waals surface area contributed by atoms with Crippen molar-refractivity contribution in [1.82, 2.24) is 4.90 Å². The number of nitrogens with zero attached hydrogens (tertiary/aromatic N) is 1. The lowest BCUT2D eigenvalue weighted by molar-refractivity contribution is -0.123. The highest BCUT2D eigenvalue weighted by molar-refractivity contribution is 8.18. The van der Waals surface area contributed by atoms with Gasteiger partial charge in [0.15, 0.2) is 0 Å². The quantitative estimate of drug-likeness (QED) is 0.313. The largest absolute Gasteiger partial charge is 0.487 e. The molecule has 4 nitrogen and oxygen atoms in total. The number of halogens is 4. The van der Waals surface area contributed by atoms with Gasteiger partial charge in [-0.15, -0.1) is 0 Å². The fraction of sp³-hybridized carbons (Fsp3) is 0.0833. The van der Waals surface area contributed by atoms with Crippen LogP contribution in [0.15, 0.2) is 65.6 Å². The third kappa shape index (κ3) is 5.53. The predicted molar refractivity (Wildman–Crippen MR) is 130 cm³/mol. The summed E-state index contributed by atoms with van der Waals surface area (Å²) in [4.78, 5) is 26.5. The van der Waals surface area contributed by atoms with Crippen molar-refractivity contribution in [2.75, 3.05) is 0 Å². The van der Waals surface area contributed by atoms with E-state index in [1.165, 1.54) is 12.1 Å². The second kappa shape index (κ2) is 10.2. The maximum Gasteiger partial charge on any atom is 0.293 e. The predicted octanol–water partition coefficient (Wildman–Crippen LogP) is 7.60. The number of carbonyl (C=O) groups excluding carboxylic acids is 2. The maximum absolute atomic E-state index is 13.3. The molecule has 1 aliphatic heterocycles. The zero-order valence-electron chi connectivity index (χ0n) is 16.9. The molecule has 0 spiro atoms. The first-order valence-electron chi connectivity index (χ1n) is 9.67. The first-order valence-corrected chi connectivity index (χ1v) is 11.6.